The smallest absolute Gasteiger partial charge is 0.185 e. The highest BCUT2D eigenvalue weighted by Crippen LogP contribution is 2.35. The van der Waals surface area contributed by atoms with Gasteiger partial charge >= 0.3 is 0 Å². The van der Waals surface area contributed by atoms with Gasteiger partial charge in [0.1, 0.15) is 6.61 Å². The number of ether oxygens (including phenoxy) is 2. The predicted octanol–water partition coefficient (Wildman–Crippen LogP) is 3.96. The number of nitrogens with zero attached hydrogens (tertiary/aromatic N) is 2. The summed E-state index contributed by atoms with van der Waals surface area (Å²) in [6.07, 6.45) is 3.70. The maximum Gasteiger partial charge on any atom is 0.185 e. The Balaban J connectivity index is 1.83. The summed E-state index contributed by atoms with van der Waals surface area (Å²) in [5, 5.41) is 2.98. The summed E-state index contributed by atoms with van der Waals surface area (Å²) in [5.74, 6) is -0.119. The molecule has 0 saturated carbocycles. The van der Waals surface area contributed by atoms with E-state index in [9.17, 15) is 4.39 Å². The van der Waals surface area contributed by atoms with E-state index in [1.807, 2.05) is 11.4 Å². The van der Waals surface area contributed by atoms with Gasteiger partial charge in [-0.25, -0.2) is 9.37 Å². The van der Waals surface area contributed by atoms with Gasteiger partial charge in [0.05, 0.1) is 12.3 Å². The minimum atomic E-state index is -0.369. The van der Waals surface area contributed by atoms with Crippen LogP contribution < -0.4 is 9.64 Å². The molecule has 1 aromatic heterocycles. The van der Waals surface area contributed by atoms with Crippen molar-refractivity contribution in [2.75, 3.05) is 38.3 Å². The molecule has 1 fully saturated rings. The zero-order valence-electron chi connectivity index (χ0n) is 13.3. The third kappa shape index (κ3) is 3.82. The molecular formula is C17H21FN2O2S. The molecule has 1 aliphatic rings. The Hall–Kier alpha value is -1.66. The van der Waals surface area contributed by atoms with E-state index in [0.717, 1.165) is 23.9 Å². The fourth-order valence-corrected chi connectivity index (χ4v) is 3.58. The summed E-state index contributed by atoms with van der Waals surface area (Å²) in [7, 11) is 1.59. The van der Waals surface area contributed by atoms with Crippen molar-refractivity contribution >= 4 is 16.5 Å². The molecule has 4 nitrogen and oxygen atoms in total. The van der Waals surface area contributed by atoms with Crippen LogP contribution in [0.3, 0.4) is 0 Å². The number of hydrogen-bond acceptors (Lipinski definition) is 5. The Bertz CT molecular complexity index is 641. The minimum absolute atomic E-state index is 0.250. The number of piperidine rings is 1. The van der Waals surface area contributed by atoms with E-state index in [2.05, 4.69) is 4.90 Å². The van der Waals surface area contributed by atoms with Crippen LogP contribution in [0.4, 0.5) is 9.52 Å². The first kappa shape index (κ1) is 16.2. The summed E-state index contributed by atoms with van der Waals surface area (Å²) in [6, 6.07) is 4.94. The second kappa shape index (κ2) is 7.75. The fraction of sp³-hybridized carbons (Fsp3) is 0.471. The van der Waals surface area contributed by atoms with Crippen LogP contribution in [0.1, 0.15) is 19.3 Å². The number of aromatic nitrogens is 1. The van der Waals surface area contributed by atoms with Gasteiger partial charge in [0.2, 0.25) is 0 Å². The average molecular weight is 336 g/mol. The van der Waals surface area contributed by atoms with Crippen LogP contribution in [-0.4, -0.2) is 38.4 Å². The van der Waals surface area contributed by atoms with E-state index in [1.54, 1.807) is 24.5 Å². The molecule has 0 atom stereocenters. The zero-order valence-corrected chi connectivity index (χ0v) is 14.1. The monoisotopic (exact) mass is 336 g/mol. The molecule has 0 aliphatic carbocycles. The molecule has 1 saturated heterocycles. The summed E-state index contributed by atoms with van der Waals surface area (Å²) < 4.78 is 24.7. The van der Waals surface area contributed by atoms with Crippen molar-refractivity contribution in [3.05, 3.63) is 29.4 Å². The SMILES string of the molecule is COCCOc1c(F)cccc1-c1csc(N2CCCCC2)n1. The van der Waals surface area contributed by atoms with E-state index in [0.29, 0.717) is 18.8 Å². The Morgan fingerprint density at radius 3 is 2.83 bits per heavy atom. The van der Waals surface area contributed by atoms with Gasteiger partial charge < -0.3 is 14.4 Å². The lowest BCUT2D eigenvalue weighted by Crippen LogP contribution is -2.29. The molecule has 0 radical (unpaired) electrons. The Morgan fingerprint density at radius 2 is 2.04 bits per heavy atom. The lowest BCUT2D eigenvalue weighted by Gasteiger charge is -2.25. The van der Waals surface area contributed by atoms with Crippen molar-refractivity contribution in [1.82, 2.24) is 4.98 Å². The second-order valence-electron chi connectivity index (χ2n) is 5.52. The van der Waals surface area contributed by atoms with Gasteiger partial charge in [-0.1, -0.05) is 6.07 Å². The van der Waals surface area contributed by atoms with Gasteiger partial charge in [-0.15, -0.1) is 11.3 Å². The van der Waals surface area contributed by atoms with E-state index in [1.165, 1.54) is 25.3 Å². The normalized spacial score (nSPS) is 15.0. The number of anilines is 1. The molecule has 1 aromatic carbocycles. The van der Waals surface area contributed by atoms with Crippen molar-refractivity contribution in [2.24, 2.45) is 0 Å². The summed E-state index contributed by atoms with van der Waals surface area (Å²) in [4.78, 5) is 7.01. The van der Waals surface area contributed by atoms with Crippen LogP contribution in [0.2, 0.25) is 0 Å². The van der Waals surface area contributed by atoms with Gasteiger partial charge in [0, 0.05) is 31.1 Å². The van der Waals surface area contributed by atoms with Crippen LogP contribution in [0.15, 0.2) is 23.6 Å². The molecule has 6 heteroatoms. The molecule has 124 valence electrons. The zero-order chi connectivity index (χ0) is 16.1. The molecule has 2 aromatic rings. The van der Waals surface area contributed by atoms with E-state index >= 15 is 0 Å². The maximum absolute atomic E-state index is 14.1. The molecule has 23 heavy (non-hydrogen) atoms. The number of benzene rings is 1. The molecule has 3 rings (SSSR count). The Kier molecular flexibility index (Phi) is 5.46. The van der Waals surface area contributed by atoms with Crippen LogP contribution in [0.5, 0.6) is 5.75 Å². The molecule has 0 N–H and O–H groups in total. The Labute approximate surface area is 139 Å². The van der Waals surface area contributed by atoms with Crippen LogP contribution in [0.25, 0.3) is 11.3 Å². The number of thiazole rings is 1. The summed E-state index contributed by atoms with van der Waals surface area (Å²) >= 11 is 1.61. The topological polar surface area (TPSA) is 34.6 Å². The van der Waals surface area contributed by atoms with Crippen molar-refractivity contribution < 1.29 is 13.9 Å². The van der Waals surface area contributed by atoms with Gasteiger partial charge in [-0.05, 0) is 31.4 Å². The van der Waals surface area contributed by atoms with Crippen molar-refractivity contribution in [2.45, 2.75) is 19.3 Å². The fourth-order valence-electron chi connectivity index (χ4n) is 2.70. The largest absolute Gasteiger partial charge is 0.487 e. The first-order chi connectivity index (χ1) is 11.3. The standard InChI is InChI=1S/C17H21FN2O2S/c1-21-10-11-22-16-13(6-5-7-14(16)18)15-12-23-17(19-15)20-8-3-2-4-9-20/h5-7,12H,2-4,8-11H2,1H3. The van der Waals surface area contributed by atoms with E-state index < -0.39 is 0 Å². The molecular weight excluding hydrogens is 315 g/mol. The first-order valence-corrected chi connectivity index (χ1v) is 8.78. The maximum atomic E-state index is 14.1. The highest BCUT2D eigenvalue weighted by molar-refractivity contribution is 7.14. The lowest BCUT2D eigenvalue weighted by atomic mass is 10.1. The number of para-hydroxylation sites is 1. The van der Waals surface area contributed by atoms with E-state index in [4.69, 9.17) is 14.5 Å². The summed E-state index contributed by atoms with van der Waals surface area (Å²) in [5.41, 5.74) is 1.46. The van der Waals surface area contributed by atoms with Crippen LogP contribution in [0, 0.1) is 5.82 Å². The number of halogens is 1. The number of hydrogen-bond donors (Lipinski definition) is 0. The summed E-state index contributed by atoms with van der Waals surface area (Å²) in [6.45, 7) is 2.83. The number of rotatable bonds is 6. The molecule has 2 heterocycles. The third-order valence-corrected chi connectivity index (χ3v) is 4.80. The minimum Gasteiger partial charge on any atom is -0.487 e. The van der Waals surface area contributed by atoms with Crippen molar-refractivity contribution in [1.29, 1.82) is 0 Å². The molecule has 0 bridgehead atoms. The highest BCUT2D eigenvalue weighted by atomic mass is 32.1. The average Bonchev–Trinajstić information content (AvgIpc) is 3.07. The predicted molar refractivity (Wildman–Crippen MR) is 90.9 cm³/mol. The second-order valence-corrected chi connectivity index (χ2v) is 6.36. The quantitative estimate of drug-likeness (QED) is 0.748. The molecule has 1 aliphatic heterocycles. The lowest BCUT2D eigenvalue weighted by molar-refractivity contribution is 0.144. The van der Waals surface area contributed by atoms with Crippen molar-refractivity contribution in [3.63, 3.8) is 0 Å². The van der Waals surface area contributed by atoms with Gasteiger partial charge in [-0.2, -0.15) is 0 Å². The van der Waals surface area contributed by atoms with Crippen LogP contribution >= 0.6 is 11.3 Å². The van der Waals surface area contributed by atoms with Crippen LogP contribution in [-0.2, 0) is 4.74 Å². The highest BCUT2D eigenvalue weighted by Gasteiger charge is 2.18. The first-order valence-electron chi connectivity index (χ1n) is 7.90. The molecule has 0 amide bonds. The third-order valence-electron chi connectivity index (χ3n) is 3.90. The van der Waals surface area contributed by atoms with Gasteiger partial charge in [0.25, 0.3) is 0 Å². The Morgan fingerprint density at radius 1 is 1.22 bits per heavy atom. The van der Waals surface area contributed by atoms with Gasteiger partial charge in [-0.3, -0.25) is 0 Å². The van der Waals surface area contributed by atoms with Gasteiger partial charge in [0.15, 0.2) is 16.7 Å². The molecule has 0 spiro atoms. The molecule has 0 unspecified atom stereocenters. The van der Waals surface area contributed by atoms with Crippen molar-refractivity contribution in [3.8, 4) is 17.0 Å². The number of methoxy groups -OCH3 is 1. The van der Waals surface area contributed by atoms with E-state index in [-0.39, 0.29) is 11.6 Å².